The third kappa shape index (κ3) is 4.49. The molecule has 0 aromatic carbocycles. The van der Waals surface area contributed by atoms with E-state index in [-0.39, 0.29) is 6.09 Å². The molecule has 1 amide bonds. The molecule has 5 nitrogen and oxygen atoms in total. The minimum Gasteiger partial charge on any atom is -0.444 e. The topological polar surface area (TPSA) is 54.5 Å². The number of carbonyl (C=O) groups is 1. The summed E-state index contributed by atoms with van der Waals surface area (Å²) in [5, 5.41) is 3.43. The van der Waals surface area contributed by atoms with Crippen molar-refractivity contribution in [1.29, 1.82) is 0 Å². The SMILES string of the molecule is CC(C)(C)OC(=O)N1CC[C@@H](NCc2ccccn2)C1. The van der Waals surface area contributed by atoms with Crippen LogP contribution in [-0.4, -0.2) is 40.7 Å². The molecular weight excluding hydrogens is 254 g/mol. The van der Waals surface area contributed by atoms with E-state index in [0.29, 0.717) is 12.6 Å². The molecule has 2 heterocycles. The molecule has 1 aliphatic rings. The van der Waals surface area contributed by atoms with Gasteiger partial charge in [0.25, 0.3) is 0 Å². The van der Waals surface area contributed by atoms with Crippen molar-refractivity contribution in [1.82, 2.24) is 15.2 Å². The molecule has 0 radical (unpaired) electrons. The fraction of sp³-hybridized carbons (Fsp3) is 0.600. The van der Waals surface area contributed by atoms with Crippen molar-refractivity contribution >= 4 is 6.09 Å². The van der Waals surface area contributed by atoms with Gasteiger partial charge in [-0.25, -0.2) is 4.79 Å². The number of amides is 1. The minimum atomic E-state index is -0.434. The van der Waals surface area contributed by atoms with Crippen LogP contribution in [0.15, 0.2) is 24.4 Å². The summed E-state index contributed by atoms with van der Waals surface area (Å²) in [6.45, 7) is 7.83. The summed E-state index contributed by atoms with van der Waals surface area (Å²) in [7, 11) is 0. The van der Waals surface area contributed by atoms with Gasteiger partial charge in [-0.1, -0.05) is 6.07 Å². The van der Waals surface area contributed by atoms with E-state index in [4.69, 9.17) is 4.74 Å². The Balaban J connectivity index is 1.76. The normalized spacial score (nSPS) is 19.1. The van der Waals surface area contributed by atoms with Gasteiger partial charge in [0, 0.05) is 31.9 Å². The molecule has 20 heavy (non-hydrogen) atoms. The maximum Gasteiger partial charge on any atom is 0.410 e. The Morgan fingerprint density at radius 2 is 2.30 bits per heavy atom. The fourth-order valence-corrected chi connectivity index (χ4v) is 2.17. The Kier molecular flexibility index (Phi) is 4.60. The van der Waals surface area contributed by atoms with Crippen molar-refractivity contribution in [3.8, 4) is 0 Å². The van der Waals surface area contributed by atoms with Crippen LogP contribution in [-0.2, 0) is 11.3 Å². The van der Waals surface area contributed by atoms with Crippen LogP contribution in [0.5, 0.6) is 0 Å². The average Bonchev–Trinajstić information content (AvgIpc) is 2.84. The zero-order valence-corrected chi connectivity index (χ0v) is 12.4. The van der Waals surface area contributed by atoms with Crippen LogP contribution < -0.4 is 5.32 Å². The Bertz CT molecular complexity index is 442. The van der Waals surface area contributed by atoms with Crippen LogP contribution in [0.25, 0.3) is 0 Å². The number of ether oxygens (including phenoxy) is 1. The summed E-state index contributed by atoms with van der Waals surface area (Å²) >= 11 is 0. The summed E-state index contributed by atoms with van der Waals surface area (Å²) in [5.74, 6) is 0. The number of carbonyl (C=O) groups excluding carboxylic acids is 1. The highest BCUT2D eigenvalue weighted by atomic mass is 16.6. The first-order valence-corrected chi connectivity index (χ1v) is 7.05. The van der Waals surface area contributed by atoms with Crippen molar-refractivity contribution in [2.45, 2.75) is 45.4 Å². The van der Waals surface area contributed by atoms with E-state index in [1.807, 2.05) is 39.0 Å². The smallest absolute Gasteiger partial charge is 0.410 e. The second kappa shape index (κ2) is 6.22. The fourth-order valence-electron chi connectivity index (χ4n) is 2.17. The lowest BCUT2D eigenvalue weighted by Gasteiger charge is -2.24. The van der Waals surface area contributed by atoms with Gasteiger partial charge >= 0.3 is 6.09 Å². The van der Waals surface area contributed by atoms with Crippen molar-refractivity contribution in [3.63, 3.8) is 0 Å². The monoisotopic (exact) mass is 277 g/mol. The Hall–Kier alpha value is -1.62. The molecule has 1 saturated heterocycles. The Morgan fingerprint density at radius 3 is 2.95 bits per heavy atom. The minimum absolute atomic E-state index is 0.223. The predicted octanol–water partition coefficient (Wildman–Crippen LogP) is 2.18. The van der Waals surface area contributed by atoms with Crippen molar-refractivity contribution < 1.29 is 9.53 Å². The molecule has 1 fully saturated rings. The predicted molar refractivity (Wildman–Crippen MR) is 77.3 cm³/mol. The second-order valence-corrected chi connectivity index (χ2v) is 6.11. The van der Waals surface area contributed by atoms with Gasteiger partial charge in [-0.2, -0.15) is 0 Å². The number of nitrogens with one attached hydrogen (secondary N) is 1. The summed E-state index contributed by atoms with van der Waals surface area (Å²) in [6, 6.07) is 6.19. The number of likely N-dealkylation sites (tertiary alicyclic amines) is 1. The number of hydrogen-bond acceptors (Lipinski definition) is 4. The van der Waals surface area contributed by atoms with E-state index in [1.54, 1.807) is 11.1 Å². The molecule has 0 bridgehead atoms. The molecule has 1 aliphatic heterocycles. The van der Waals surface area contributed by atoms with Gasteiger partial charge in [0.05, 0.1) is 5.69 Å². The maximum absolute atomic E-state index is 11.9. The van der Waals surface area contributed by atoms with E-state index in [9.17, 15) is 4.79 Å². The lowest BCUT2D eigenvalue weighted by atomic mass is 10.2. The summed E-state index contributed by atoms with van der Waals surface area (Å²) in [5.41, 5.74) is 0.583. The molecule has 1 N–H and O–H groups in total. The Labute approximate surface area is 120 Å². The van der Waals surface area contributed by atoms with E-state index >= 15 is 0 Å². The third-order valence-electron chi connectivity index (χ3n) is 3.14. The van der Waals surface area contributed by atoms with Crippen LogP contribution in [0.1, 0.15) is 32.9 Å². The van der Waals surface area contributed by atoms with Gasteiger partial charge in [-0.3, -0.25) is 4.98 Å². The molecule has 2 rings (SSSR count). The van der Waals surface area contributed by atoms with Crippen molar-refractivity contribution in [2.24, 2.45) is 0 Å². The first-order valence-electron chi connectivity index (χ1n) is 7.05. The Morgan fingerprint density at radius 1 is 1.50 bits per heavy atom. The first kappa shape index (κ1) is 14.8. The number of pyridine rings is 1. The average molecular weight is 277 g/mol. The lowest BCUT2D eigenvalue weighted by Crippen LogP contribution is -2.38. The molecule has 1 aromatic heterocycles. The molecule has 110 valence electrons. The van der Waals surface area contributed by atoms with Crippen LogP contribution in [0.4, 0.5) is 4.79 Å². The van der Waals surface area contributed by atoms with E-state index in [2.05, 4.69) is 10.3 Å². The number of hydrogen-bond donors (Lipinski definition) is 1. The van der Waals surface area contributed by atoms with Gasteiger partial charge in [0.2, 0.25) is 0 Å². The zero-order chi connectivity index (χ0) is 14.6. The molecule has 1 atom stereocenters. The van der Waals surface area contributed by atoms with E-state index in [1.165, 1.54) is 0 Å². The molecule has 0 spiro atoms. The number of aromatic nitrogens is 1. The molecule has 0 unspecified atom stereocenters. The third-order valence-corrected chi connectivity index (χ3v) is 3.14. The summed E-state index contributed by atoms with van der Waals surface area (Å²) in [4.78, 5) is 18.0. The first-order chi connectivity index (χ1) is 9.44. The quantitative estimate of drug-likeness (QED) is 0.920. The number of rotatable bonds is 3. The van der Waals surface area contributed by atoms with E-state index < -0.39 is 5.60 Å². The molecule has 0 saturated carbocycles. The van der Waals surface area contributed by atoms with Gasteiger partial charge in [0.1, 0.15) is 5.60 Å². The van der Waals surface area contributed by atoms with Crippen molar-refractivity contribution in [3.05, 3.63) is 30.1 Å². The van der Waals surface area contributed by atoms with Crippen LogP contribution in [0.2, 0.25) is 0 Å². The molecule has 5 heteroatoms. The van der Waals surface area contributed by atoms with Gasteiger partial charge < -0.3 is 15.0 Å². The highest BCUT2D eigenvalue weighted by Crippen LogP contribution is 2.15. The molecular formula is C15H23N3O2. The number of nitrogens with zero attached hydrogens (tertiary/aromatic N) is 2. The van der Waals surface area contributed by atoms with Gasteiger partial charge in [-0.05, 0) is 39.3 Å². The van der Waals surface area contributed by atoms with E-state index in [0.717, 1.165) is 25.2 Å². The lowest BCUT2D eigenvalue weighted by molar-refractivity contribution is 0.0291. The largest absolute Gasteiger partial charge is 0.444 e. The molecule has 0 aliphatic carbocycles. The van der Waals surface area contributed by atoms with Crippen LogP contribution in [0.3, 0.4) is 0 Å². The van der Waals surface area contributed by atoms with Crippen LogP contribution in [0, 0.1) is 0 Å². The van der Waals surface area contributed by atoms with Gasteiger partial charge in [0.15, 0.2) is 0 Å². The highest BCUT2D eigenvalue weighted by Gasteiger charge is 2.29. The summed E-state index contributed by atoms with van der Waals surface area (Å²) in [6.07, 6.45) is 2.52. The zero-order valence-electron chi connectivity index (χ0n) is 12.4. The highest BCUT2D eigenvalue weighted by molar-refractivity contribution is 5.68. The maximum atomic E-state index is 11.9. The van der Waals surface area contributed by atoms with Crippen molar-refractivity contribution in [2.75, 3.05) is 13.1 Å². The van der Waals surface area contributed by atoms with Crippen LogP contribution >= 0.6 is 0 Å². The standard InChI is InChI=1S/C15H23N3O2/c1-15(2,3)20-14(19)18-9-7-13(11-18)17-10-12-6-4-5-8-16-12/h4-6,8,13,17H,7,9-11H2,1-3H3/t13-/m1/s1. The summed E-state index contributed by atoms with van der Waals surface area (Å²) < 4.78 is 5.38. The molecule has 1 aromatic rings. The second-order valence-electron chi connectivity index (χ2n) is 6.11. The van der Waals surface area contributed by atoms with Gasteiger partial charge in [-0.15, -0.1) is 0 Å².